The van der Waals surface area contributed by atoms with Gasteiger partial charge in [0.15, 0.2) is 5.69 Å². The quantitative estimate of drug-likeness (QED) is 0.360. The highest BCUT2D eigenvalue weighted by atomic mass is 19.4. The lowest BCUT2D eigenvalue weighted by atomic mass is 9.86. The third kappa shape index (κ3) is 5.42. The highest BCUT2D eigenvalue weighted by Gasteiger charge is 2.31. The van der Waals surface area contributed by atoms with E-state index in [1.54, 1.807) is 0 Å². The molecule has 0 unspecified atom stereocenters. The number of alkyl halides is 3. The van der Waals surface area contributed by atoms with E-state index in [1.165, 1.54) is 29.8 Å². The van der Waals surface area contributed by atoms with E-state index in [0.717, 1.165) is 11.3 Å². The molecule has 0 saturated heterocycles. The first-order valence-electron chi connectivity index (χ1n) is 10.3. The van der Waals surface area contributed by atoms with Crippen molar-refractivity contribution < 1.29 is 22.4 Å². The number of benzene rings is 2. The molecule has 0 radical (unpaired) electrons. The van der Waals surface area contributed by atoms with Gasteiger partial charge in [-0.3, -0.25) is 4.68 Å². The highest BCUT2D eigenvalue weighted by molar-refractivity contribution is 5.59. The van der Waals surface area contributed by atoms with Crippen LogP contribution in [0.1, 0.15) is 37.6 Å². The molecule has 0 N–H and O–H groups in total. The first-order chi connectivity index (χ1) is 15.5. The fraction of sp³-hybridized carbons (Fsp3) is 0.292. The minimum atomic E-state index is -4.74. The van der Waals surface area contributed by atoms with Crippen molar-refractivity contribution in [2.24, 2.45) is 0 Å². The Hall–Kier alpha value is -3.62. The largest absolute Gasteiger partial charge is 0.573 e. The minimum absolute atomic E-state index is 0.0531. The maximum Gasteiger partial charge on any atom is 0.573 e. The van der Waals surface area contributed by atoms with Crippen molar-refractivity contribution in [2.45, 2.75) is 46.0 Å². The number of rotatable bonds is 5. The Bertz CT molecular complexity index is 1250. The SMILES string of the molecule is Cc1cc(-c2nc(-c3ccc(OC(F)(F)F)cc3)no2)nn1Cc1cccc(C(C)(C)C)c1. The summed E-state index contributed by atoms with van der Waals surface area (Å²) in [5.74, 6) is 0.152. The van der Waals surface area contributed by atoms with Crippen LogP contribution >= 0.6 is 0 Å². The predicted molar refractivity (Wildman–Crippen MR) is 117 cm³/mol. The molecular weight excluding hydrogens is 433 g/mol. The van der Waals surface area contributed by atoms with Gasteiger partial charge < -0.3 is 9.26 Å². The Morgan fingerprint density at radius 1 is 1.00 bits per heavy atom. The van der Waals surface area contributed by atoms with Gasteiger partial charge in [-0.25, -0.2) is 0 Å². The molecule has 0 amide bonds. The van der Waals surface area contributed by atoms with Crippen LogP contribution < -0.4 is 4.74 Å². The normalized spacial score (nSPS) is 12.2. The Labute approximate surface area is 189 Å². The van der Waals surface area contributed by atoms with E-state index >= 15 is 0 Å². The molecule has 0 atom stereocenters. The summed E-state index contributed by atoms with van der Waals surface area (Å²) in [5, 5.41) is 8.53. The van der Waals surface area contributed by atoms with Crippen LogP contribution in [0.4, 0.5) is 13.2 Å². The maximum absolute atomic E-state index is 12.3. The van der Waals surface area contributed by atoms with Gasteiger partial charge >= 0.3 is 6.36 Å². The molecular formula is C24H23F3N4O2. The van der Waals surface area contributed by atoms with Crippen LogP contribution in [0.25, 0.3) is 23.0 Å². The van der Waals surface area contributed by atoms with E-state index < -0.39 is 6.36 Å². The van der Waals surface area contributed by atoms with Crippen LogP contribution in [-0.4, -0.2) is 26.3 Å². The summed E-state index contributed by atoms with van der Waals surface area (Å²) < 4.78 is 48.1. The average molecular weight is 456 g/mol. The lowest BCUT2D eigenvalue weighted by molar-refractivity contribution is -0.274. The van der Waals surface area contributed by atoms with Gasteiger partial charge in [-0.15, -0.1) is 13.2 Å². The second kappa shape index (κ2) is 8.38. The van der Waals surface area contributed by atoms with Crippen LogP contribution in [0.15, 0.2) is 59.1 Å². The van der Waals surface area contributed by atoms with E-state index in [2.05, 4.69) is 58.9 Å². The van der Waals surface area contributed by atoms with E-state index in [1.807, 2.05) is 23.7 Å². The molecule has 0 bridgehead atoms. The Kier molecular flexibility index (Phi) is 5.73. The summed E-state index contributed by atoms with van der Waals surface area (Å²) in [7, 11) is 0. The van der Waals surface area contributed by atoms with E-state index in [9.17, 15) is 13.2 Å². The second-order valence-corrected chi connectivity index (χ2v) is 8.77. The van der Waals surface area contributed by atoms with Crippen molar-refractivity contribution in [3.05, 3.63) is 71.4 Å². The van der Waals surface area contributed by atoms with E-state index in [4.69, 9.17) is 4.52 Å². The lowest BCUT2D eigenvalue weighted by Gasteiger charge is -2.19. The third-order valence-electron chi connectivity index (χ3n) is 5.10. The van der Waals surface area contributed by atoms with Crippen molar-refractivity contribution in [3.63, 3.8) is 0 Å². The number of ether oxygens (including phenoxy) is 1. The molecule has 0 aliphatic carbocycles. The van der Waals surface area contributed by atoms with Gasteiger partial charge in [-0.2, -0.15) is 10.1 Å². The second-order valence-electron chi connectivity index (χ2n) is 8.77. The molecule has 33 heavy (non-hydrogen) atoms. The summed E-state index contributed by atoms with van der Waals surface area (Å²) in [6.07, 6.45) is -4.74. The molecule has 9 heteroatoms. The van der Waals surface area contributed by atoms with Gasteiger partial charge in [0.05, 0.1) is 6.54 Å². The Morgan fingerprint density at radius 2 is 1.73 bits per heavy atom. The van der Waals surface area contributed by atoms with Crippen molar-refractivity contribution in [2.75, 3.05) is 0 Å². The fourth-order valence-electron chi connectivity index (χ4n) is 3.33. The molecule has 2 aromatic carbocycles. The summed E-state index contributed by atoms with van der Waals surface area (Å²) in [6, 6.07) is 15.5. The number of aromatic nitrogens is 4. The molecule has 4 rings (SSSR count). The highest BCUT2D eigenvalue weighted by Crippen LogP contribution is 2.27. The van der Waals surface area contributed by atoms with Crippen LogP contribution in [-0.2, 0) is 12.0 Å². The van der Waals surface area contributed by atoms with Crippen LogP contribution in [0.3, 0.4) is 0 Å². The van der Waals surface area contributed by atoms with E-state index in [-0.39, 0.29) is 22.9 Å². The number of hydrogen-bond donors (Lipinski definition) is 0. The fourth-order valence-corrected chi connectivity index (χ4v) is 3.33. The van der Waals surface area contributed by atoms with Crippen molar-refractivity contribution >= 4 is 0 Å². The van der Waals surface area contributed by atoms with Crippen LogP contribution in [0.5, 0.6) is 5.75 Å². The molecule has 0 spiro atoms. The Morgan fingerprint density at radius 3 is 2.39 bits per heavy atom. The first-order valence-corrected chi connectivity index (χ1v) is 10.3. The maximum atomic E-state index is 12.3. The van der Waals surface area contributed by atoms with Crippen LogP contribution in [0.2, 0.25) is 0 Å². The number of halogens is 3. The molecule has 172 valence electrons. The van der Waals surface area contributed by atoms with Crippen LogP contribution in [0, 0.1) is 6.92 Å². The topological polar surface area (TPSA) is 66.0 Å². The smallest absolute Gasteiger partial charge is 0.406 e. The van der Waals surface area contributed by atoms with Gasteiger partial charge in [0, 0.05) is 11.3 Å². The van der Waals surface area contributed by atoms with Gasteiger partial charge in [-0.05, 0) is 53.8 Å². The summed E-state index contributed by atoms with van der Waals surface area (Å²) in [6.45, 7) is 9.06. The predicted octanol–water partition coefficient (Wildman–Crippen LogP) is 6.15. The molecule has 0 aliphatic heterocycles. The zero-order valence-corrected chi connectivity index (χ0v) is 18.6. The van der Waals surface area contributed by atoms with Gasteiger partial charge in [0.25, 0.3) is 5.89 Å². The summed E-state index contributed by atoms with van der Waals surface area (Å²) in [4.78, 5) is 4.35. The number of nitrogens with zero attached hydrogens (tertiary/aromatic N) is 4. The zero-order valence-electron chi connectivity index (χ0n) is 18.6. The van der Waals surface area contributed by atoms with Crippen molar-refractivity contribution in [1.82, 2.24) is 19.9 Å². The molecule has 0 aliphatic rings. The molecule has 4 aromatic rings. The average Bonchev–Trinajstić information content (AvgIpc) is 3.34. The van der Waals surface area contributed by atoms with Crippen molar-refractivity contribution in [3.8, 4) is 28.7 Å². The third-order valence-corrected chi connectivity index (χ3v) is 5.10. The Balaban J connectivity index is 1.52. The number of aryl methyl sites for hydroxylation is 1. The summed E-state index contributed by atoms with van der Waals surface area (Å²) in [5.41, 5.74) is 4.38. The molecule has 0 saturated carbocycles. The van der Waals surface area contributed by atoms with Gasteiger partial charge in [0.2, 0.25) is 5.82 Å². The first kappa shape index (κ1) is 22.6. The lowest BCUT2D eigenvalue weighted by Crippen LogP contribution is -2.16. The summed E-state index contributed by atoms with van der Waals surface area (Å²) >= 11 is 0. The minimum Gasteiger partial charge on any atom is -0.406 e. The van der Waals surface area contributed by atoms with Crippen molar-refractivity contribution in [1.29, 1.82) is 0 Å². The molecule has 0 fully saturated rings. The molecule has 6 nitrogen and oxygen atoms in total. The van der Waals surface area contributed by atoms with Gasteiger partial charge in [0.1, 0.15) is 5.75 Å². The monoisotopic (exact) mass is 456 g/mol. The molecule has 2 aromatic heterocycles. The van der Waals surface area contributed by atoms with Gasteiger partial charge in [-0.1, -0.05) is 50.2 Å². The standard InChI is InChI=1S/C24H23F3N4O2/c1-15-12-20(29-31(15)14-16-6-5-7-18(13-16)23(2,3)4)22-28-21(30-33-22)17-8-10-19(11-9-17)32-24(25,26)27/h5-13H,14H2,1-4H3. The molecule has 2 heterocycles. The van der Waals surface area contributed by atoms with E-state index in [0.29, 0.717) is 17.8 Å². The number of hydrogen-bond acceptors (Lipinski definition) is 5. The zero-order chi connectivity index (χ0) is 23.8.